The Morgan fingerprint density at radius 3 is 2.23 bits per heavy atom. The first-order valence-corrected chi connectivity index (χ1v) is 13.0. The summed E-state index contributed by atoms with van der Waals surface area (Å²) in [5.74, 6) is -1.40. The van der Waals surface area contributed by atoms with Gasteiger partial charge in [-0.3, -0.25) is 14.4 Å². The van der Waals surface area contributed by atoms with Gasteiger partial charge in [-0.25, -0.2) is 10.2 Å². The Morgan fingerprint density at radius 2 is 1.47 bits per heavy atom. The zero-order valence-corrected chi connectivity index (χ0v) is 23.3. The number of esters is 2. The maximum atomic E-state index is 12.8. The molecule has 2 amide bonds. The minimum Gasteiger partial charge on any atom is -0.493 e. The van der Waals surface area contributed by atoms with Crippen molar-refractivity contribution in [2.45, 2.75) is 6.92 Å². The van der Waals surface area contributed by atoms with Gasteiger partial charge in [0, 0.05) is 35.4 Å². The van der Waals surface area contributed by atoms with Crippen LogP contribution in [0, 0.1) is 0 Å². The summed E-state index contributed by atoms with van der Waals surface area (Å²) in [5.41, 5.74) is 4.62. The monoisotopic (exact) mass is 577 g/mol. The van der Waals surface area contributed by atoms with Crippen molar-refractivity contribution in [3.63, 3.8) is 0 Å². The van der Waals surface area contributed by atoms with Crippen molar-refractivity contribution in [1.82, 2.24) is 5.43 Å². The molecule has 0 aliphatic carbocycles. The number of ether oxygens (including phenoxy) is 3. The van der Waals surface area contributed by atoms with Crippen LogP contribution in [-0.4, -0.2) is 37.1 Å². The van der Waals surface area contributed by atoms with Gasteiger partial charge in [-0.15, -0.1) is 0 Å². The molecule has 4 rings (SSSR count). The maximum absolute atomic E-state index is 12.8. The lowest BCUT2D eigenvalue weighted by molar-refractivity contribution is -0.132. The van der Waals surface area contributed by atoms with Crippen LogP contribution in [0.4, 0.5) is 5.69 Å². The average Bonchev–Trinajstić information content (AvgIpc) is 3.01. The van der Waals surface area contributed by atoms with Gasteiger partial charge in [0.05, 0.1) is 13.3 Å². The van der Waals surface area contributed by atoms with E-state index < -0.39 is 23.8 Å². The molecule has 43 heavy (non-hydrogen) atoms. The molecule has 0 spiro atoms. The minimum absolute atomic E-state index is 0.187. The number of hydrazone groups is 1. The van der Waals surface area contributed by atoms with Gasteiger partial charge < -0.3 is 19.5 Å². The van der Waals surface area contributed by atoms with Gasteiger partial charge in [0.1, 0.15) is 5.75 Å². The Bertz CT molecular complexity index is 1700. The zero-order chi connectivity index (χ0) is 30.6. The zero-order valence-electron chi connectivity index (χ0n) is 23.3. The van der Waals surface area contributed by atoms with E-state index in [0.717, 1.165) is 5.56 Å². The fourth-order valence-electron chi connectivity index (χ4n) is 3.77. The Hall–Kier alpha value is -6.03. The molecular weight excluding hydrogens is 550 g/mol. The number of hydrogen-bond donors (Lipinski definition) is 2. The average molecular weight is 578 g/mol. The quantitative estimate of drug-likeness (QED) is 0.0864. The predicted octanol–water partition coefficient (Wildman–Crippen LogP) is 5.26. The maximum Gasteiger partial charge on any atom is 0.336 e. The van der Waals surface area contributed by atoms with E-state index in [1.54, 1.807) is 48.5 Å². The number of para-hydroxylation sites is 1. The SMILES string of the molecule is COc1cc(C(=O)Nc2cccc(C(=O)NN=Cc3ccccc3OC(=O)/C=C/c3ccccc3)c2)ccc1OC(C)=O. The van der Waals surface area contributed by atoms with E-state index in [4.69, 9.17) is 14.2 Å². The molecule has 0 saturated heterocycles. The van der Waals surface area contributed by atoms with Gasteiger partial charge in [0.2, 0.25) is 0 Å². The summed E-state index contributed by atoms with van der Waals surface area (Å²) in [5, 5.41) is 6.71. The first-order valence-electron chi connectivity index (χ1n) is 13.0. The first-order chi connectivity index (χ1) is 20.8. The van der Waals surface area contributed by atoms with Crippen LogP contribution >= 0.6 is 0 Å². The molecule has 0 saturated carbocycles. The summed E-state index contributed by atoms with van der Waals surface area (Å²) in [6.07, 6.45) is 4.33. The number of nitrogens with one attached hydrogen (secondary N) is 2. The fourth-order valence-corrected chi connectivity index (χ4v) is 3.77. The molecule has 2 N–H and O–H groups in total. The van der Waals surface area contributed by atoms with Crippen molar-refractivity contribution >= 4 is 41.7 Å². The van der Waals surface area contributed by atoms with Crippen LogP contribution in [0.3, 0.4) is 0 Å². The topological polar surface area (TPSA) is 132 Å². The lowest BCUT2D eigenvalue weighted by Gasteiger charge is -2.11. The molecule has 0 fully saturated rings. The summed E-state index contributed by atoms with van der Waals surface area (Å²) in [7, 11) is 1.39. The van der Waals surface area contributed by atoms with E-state index in [9.17, 15) is 19.2 Å². The lowest BCUT2D eigenvalue weighted by atomic mass is 10.1. The number of methoxy groups -OCH3 is 1. The smallest absolute Gasteiger partial charge is 0.336 e. The van der Waals surface area contributed by atoms with E-state index in [0.29, 0.717) is 11.3 Å². The number of anilines is 1. The van der Waals surface area contributed by atoms with Crippen LogP contribution in [0.5, 0.6) is 17.2 Å². The van der Waals surface area contributed by atoms with E-state index in [1.807, 2.05) is 30.3 Å². The van der Waals surface area contributed by atoms with Gasteiger partial charge in [0.15, 0.2) is 11.5 Å². The van der Waals surface area contributed by atoms with Crippen LogP contribution in [0.2, 0.25) is 0 Å². The molecule has 10 heteroatoms. The second-order valence-electron chi connectivity index (χ2n) is 8.90. The highest BCUT2D eigenvalue weighted by Gasteiger charge is 2.14. The molecule has 0 aliphatic heterocycles. The predicted molar refractivity (Wildman–Crippen MR) is 161 cm³/mol. The van der Waals surface area contributed by atoms with Crippen molar-refractivity contribution in [3.05, 3.63) is 125 Å². The molecule has 4 aromatic rings. The Kier molecular flexibility index (Phi) is 10.1. The van der Waals surface area contributed by atoms with Gasteiger partial charge in [-0.1, -0.05) is 48.5 Å². The molecule has 0 radical (unpaired) electrons. The van der Waals surface area contributed by atoms with Crippen molar-refractivity contribution in [2.75, 3.05) is 12.4 Å². The number of rotatable bonds is 10. The summed E-state index contributed by atoms with van der Waals surface area (Å²) in [6, 6.07) is 26.7. The highest BCUT2D eigenvalue weighted by molar-refractivity contribution is 6.05. The number of nitrogens with zero attached hydrogens (tertiary/aromatic N) is 1. The highest BCUT2D eigenvalue weighted by atomic mass is 16.6. The highest BCUT2D eigenvalue weighted by Crippen LogP contribution is 2.28. The second-order valence-corrected chi connectivity index (χ2v) is 8.90. The van der Waals surface area contributed by atoms with Crippen LogP contribution in [0.15, 0.2) is 108 Å². The van der Waals surface area contributed by atoms with E-state index >= 15 is 0 Å². The Morgan fingerprint density at radius 1 is 0.721 bits per heavy atom. The summed E-state index contributed by atoms with van der Waals surface area (Å²) in [4.78, 5) is 49.1. The van der Waals surface area contributed by atoms with Crippen LogP contribution in [0.1, 0.15) is 38.8 Å². The number of amides is 2. The third kappa shape index (κ3) is 8.73. The fraction of sp³-hybridized carbons (Fsp3) is 0.0606. The largest absolute Gasteiger partial charge is 0.493 e. The molecular formula is C33H27N3O7. The molecule has 4 aromatic carbocycles. The third-order valence-corrected chi connectivity index (χ3v) is 5.77. The van der Waals surface area contributed by atoms with Crippen molar-refractivity contribution in [2.24, 2.45) is 5.10 Å². The minimum atomic E-state index is -0.564. The van der Waals surface area contributed by atoms with Gasteiger partial charge in [-0.2, -0.15) is 5.10 Å². The molecule has 0 unspecified atom stereocenters. The standard InChI is InChI=1S/C33H27N3O7/c1-22(37)42-29-17-16-25(20-30(29)41-2)32(39)35-27-13-8-12-24(19-27)33(40)36-34-21-26-11-6-7-14-28(26)43-31(38)18-15-23-9-4-3-5-10-23/h3-21H,1-2H3,(H,35,39)(H,36,40)/b18-15+,34-21?. The van der Waals surface area contributed by atoms with Crippen molar-refractivity contribution in [3.8, 4) is 17.2 Å². The normalized spacial score (nSPS) is 10.7. The molecule has 0 heterocycles. The van der Waals surface area contributed by atoms with E-state index in [2.05, 4.69) is 15.8 Å². The molecule has 216 valence electrons. The van der Waals surface area contributed by atoms with Crippen molar-refractivity contribution in [1.29, 1.82) is 0 Å². The molecule has 0 bridgehead atoms. The Labute approximate surface area is 247 Å². The van der Waals surface area contributed by atoms with Crippen LogP contribution in [-0.2, 0) is 9.59 Å². The number of carbonyl (C=O) groups is 4. The number of carbonyl (C=O) groups excluding carboxylic acids is 4. The Balaban J connectivity index is 1.37. The van der Waals surface area contributed by atoms with Gasteiger partial charge in [-0.05, 0) is 60.2 Å². The van der Waals surface area contributed by atoms with E-state index in [-0.39, 0.29) is 28.4 Å². The second kappa shape index (κ2) is 14.6. The molecule has 10 nitrogen and oxygen atoms in total. The van der Waals surface area contributed by atoms with Crippen LogP contribution in [0.25, 0.3) is 6.08 Å². The van der Waals surface area contributed by atoms with Crippen LogP contribution < -0.4 is 25.0 Å². The number of benzene rings is 4. The number of hydrogen-bond acceptors (Lipinski definition) is 8. The molecule has 0 aromatic heterocycles. The summed E-state index contributed by atoms with van der Waals surface area (Å²) >= 11 is 0. The summed E-state index contributed by atoms with van der Waals surface area (Å²) in [6.45, 7) is 1.26. The first kappa shape index (κ1) is 29.9. The van der Waals surface area contributed by atoms with Crippen molar-refractivity contribution < 1.29 is 33.4 Å². The molecule has 0 aliphatic rings. The molecule has 0 atom stereocenters. The van der Waals surface area contributed by atoms with Gasteiger partial charge >= 0.3 is 11.9 Å². The summed E-state index contributed by atoms with van der Waals surface area (Å²) < 4.78 is 15.7. The third-order valence-electron chi connectivity index (χ3n) is 5.77. The lowest BCUT2D eigenvalue weighted by Crippen LogP contribution is -2.18. The van der Waals surface area contributed by atoms with Gasteiger partial charge in [0.25, 0.3) is 11.8 Å². The van der Waals surface area contributed by atoms with E-state index in [1.165, 1.54) is 50.6 Å².